The van der Waals surface area contributed by atoms with Crippen molar-refractivity contribution in [2.24, 2.45) is 0 Å². The minimum atomic E-state index is -0.274. The van der Waals surface area contributed by atoms with Crippen LogP contribution in [0.4, 0.5) is 5.69 Å². The molecule has 1 N–H and O–H groups in total. The predicted octanol–water partition coefficient (Wildman–Crippen LogP) is 3.98. The fourth-order valence-electron chi connectivity index (χ4n) is 2.16. The molecule has 3 rings (SSSR count). The molecule has 0 aliphatic rings. The van der Waals surface area contributed by atoms with Gasteiger partial charge in [0.25, 0.3) is 5.91 Å². The number of hydrogen-bond donors (Lipinski definition) is 1. The Hall–Kier alpha value is -2.18. The van der Waals surface area contributed by atoms with E-state index < -0.39 is 0 Å². The Morgan fingerprint density at radius 2 is 2.17 bits per heavy atom. The number of aromatic nitrogens is 2. The van der Waals surface area contributed by atoms with Crippen LogP contribution in [0, 0.1) is 13.8 Å². The van der Waals surface area contributed by atoms with Crippen LogP contribution in [0.25, 0.3) is 10.2 Å². The number of carbonyl (C=O) groups is 1. The molecule has 0 saturated carbocycles. The summed E-state index contributed by atoms with van der Waals surface area (Å²) < 4.78 is 5.59. The second-order valence-electron chi connectivity index (χ2n) is 4.99. The largest absolute Gasteiger partial charge is 0.467 e. The van der Waals surface area contributed by atoms with Gasteiger partial charge < -0.3 is 10.1 Å². The Labute approximate surface area is 142 Å². The maximum Gasteiger partial charge on any atom is 0.262 e. The molecule has 5 nitrogen and oxygen atoms in total. The van der Waals surface area contributed by atoms with Crippen LogP contribution in [0.1, 0.15) is 10.4 Å². The Balaban J connectivity index is 1.72. The van der Waals surface area contributed by atoms with Gasteiger partial charge in [0.05, 0.1) is 5.39 Å². The second-order valence-corrected chi connectivity index (χ2v) is 6.63. The van der Waals surface area contributed by atoms with Crippen molar-refractivity contribution in [1.82, 2.24) is 9.97 Å². The van der Waals surface area contributed by atoms with Gasteiger partial charge >= 0.3 is 0 Å². The number of thiophene rings is 1. The number of anilines is 1. The van der Waals surface area contributed by atoms with Gasteiger partial charge in [0, 0.05) is 15.6 Å². The molecule has 0 spiro atoms. The van der Waals surface area contributed by atoms with Crippen LogP contribution in [0.3, 0.4) is 0 Å². The van der Waals surface area contributed by atoms with Gasteiger partial charge in [-0.25, -0.2) is 9.97 Å². The van der Waals surface area contributed by atoms with Crippen molar-refractivity contribution in [3.8, 4) is 5.88 Å². The van der Waals surface area contributed by atoms with Crippen molar-refractivity contribution >= 4 is 44.7 Å². The standard InChI is InChI=1S/C16H14ClN3O2S/c1-9-10(2)23-16-14(9)15(18-8-19-16)22-7-13(21)20-12-5-3-4-11(17)6-12/h3-6,8H,7H2,1-2H3,(H,20,21). The molecule has 0 atom stereocenters. The number of ether oxygens (including phenoxy) is 1. The van der Waals surface area contributed by atoms with Crippen LogP contribution in [0.15, 0.2) is 30.6 Å². The predicted molar refractivity (Wildman–Crippen MR) is 92.5 cm³/mol. The highest BCUT2D eigenvalue weighted by Crippen LogP contribution is 2.33. The molecule has 1 aromatic carbocycles. The van der Waals surface area contributed by atoms with E-state index in [9.17, 15) is 4.79 Å². The molecule has 0 saturated heterocycles. The fraction of sp³-hybridized carbons (Fsp3) is 0.188. The summed E-state index contributed by atoms with van der Waals surface area (Å²) in [6.45, 7) is 3.89. The SMILES string of the molecule is Cc1sc2ncnc(OCC(=O)Nc3cccc(Cl)c3)c2c1C. The van der Waals surface area contributed by atoms with Crippen LogP contribution in [-0.4, -0.2) is 22.5 Å². The van der Waals surface area contributed by atoms with E-state index in [-0.39, 0.29) is 12.5 Å². The van der Waals surface area contributed by atoms with Crippen LogP contribution < -0.4 is 10.1 Å². The third kappa shape index (κ3) is 3.43. The van der Waals surface area contributed by atoms with Crippen LogP contribution >= 0.6 is 22.9 Å². The lowest BCUT2D eigenvalue weighted by atomic mass is 10.2. The third-order valence-corrected chi connectivity index (χ3v) is 4.73. The average Bonchev–Trinajstić information content (AvgIpc) is 2.81. The maximum atomic E-state index is 12.0. The summed E-state index contributed by atoms with van der Waals surface area (Å²) in [5.74, 6) is 0.154. The van der Waals surface area contributed by atoms with Gasteiger partial charge in [-0.15, -0.1) is 11.3 Å². The minimum Gasteiger partial charge on any atom is -0.467 e. The summed E-state index contributed by atoms with van der Waals surface area (Å²) in [4.78, 5) is 22.4. The van der Waals surface area contributed by atoms with E-state index in [0.717, 1.165) is 20.7 Å². The highest BCUT2D eigenvalue weighted by molar-refractivity contribution is 7.18. The zero-order valence-electron chi connectivity index (χ0n) is 12.6. The van der Waals surface area contributed by atoms with E-state index >= 15 is 0 Å². The van der Waals surface area contributed by atoms with Crippen molar-refractivity contribution < 1.29 is 9.53 Å². The number of rotatable bonds is 4. The van der Waals surface area contributed by atoms with Gasteiger partial charge in [-0.2, -0.15) is 0 Å². The first kappa shape index (κ1) is 15.7. The molecule has 23 heavy (non-hydrogen) atoms. The van der Waals surface area contributed by atoms with E-state index in [1.165, 1.54) is 6.33 Å². The Kier molecular flexibility index (Phi) is 4.45. The van der Waals surface area contributed by atoms with E-state index in [0.29, 0.717) is 16.6 Å². The lowest BCUT2D eigenvalue weighted by molar-refractivity contribution is -0.118. The van der Waals surface area contributed by atoms with E-state index in [4.69, 9.17) is 16.3 Å². The van der Waals surface area contributed by atoms with Gasteiger partial charge in [-0.05, 0) is 37.6 Å². The molecule has 3 aromatic rings. The zero-order chi connectivity index (χ0) is 16.4. The number of hydrogen-bond acceptors (Lipinski definition) is 5. The Morgan fingerprint density at radius 3 is 2.96 bits per heavy atom. The fourth-order valence-corrected chi connectivity index (χ4v) is 3.33. The lowest BCUT2D eigenvalue weighted by Gasteiger charge is -2.08. The summed E-state index contributed by atoms with van der Waals surface area (Å²) in [6.07, 6.45) is 1.45. The molecule has 0 radical (unpaired) electrons. The van der Waals surface area contributed by atoms with Crippen LogP contribution in [0.5, 0.6) is 5.88 Å². The van der Waals surface area contributed by atoms with Gasteiger partial charge in [-0.1, -0.05) is 17.7 Å². The quantitative estimate of drug-likeness (QED) is 0.775. The first-order valence-corrected chi connectivity index (χ1v) is 8.13. The highest BCUT2D eigenvalue weighted by atomic mass is 35.5. The third-order valence-electron chi connectivity index (χ3n) is 3.38. The molecule has 0 aliphatic heterocycles. The summed E-state index contributed by atoms with van der Waals surface area (Å²) in [6, 6.07) is 6.95. The van der Waals surface area contributed by atoms with Crippen molar-refractivity contribution in [3.05, 3.63) is 46.1 Å². The topological polar surface area (TPSA) is 64.1 Å². The number of benzene rings is 1. The molecule has 0 unspecified atom stereocenters. The Bertz CT molecular complexity index is 879. The average molecular weight is 348 g/mol. The number of aryl methyl sites for hydroxylation is 2. The van der Waals surface area contributed by atoms with Gasteiger partial charge in [-0.3, -0.25) is 4.79 Å². The summed E-state index contributed by atoms with van der Waals surface area (Å²) >= 11 is 7.47. The Morgan fingerprint density at radius 1 is 1.35 bits per heavy atom. The minimum absolute atomic E-state index is 0.132. The van der Waals surface area contributed by atoms with Crippen LogP contribution in [0.2, 0.25) is 5.02 Å². The first-order valence-electron chi connectivity index (χ1n) is 6.93. The molecule has 1 amide bonds. The normalized spacial score (nSPS) is 10.7. The smallest absolute Gasteiger partial charge is 0.262 e. The van der Waals surface area contributed by atoms with Crippen molar-refractivity contribution in [2.45, 2.75) is 13.8 Å². The number of nitrogens with zero attached hydrogens (tertiary/aromatic N) is 2. The first-order chi connectivity index (χ1) is 11.0. The second kappa shape index (κ2) is 6.52. The van der Waals surface area contributed by atoms with Crippen molar-refractivity contribution in [3.63, 3.8) is 0 Å². The maximum absolute atomic E-state index is 12.0. The number of carbonyl (C=O) groups excluding carboxylic acids is 1. The van der Waals surface area contributed by atoms with E-state index in [1.54, 1.807) is 35.6 Å². The molecule has 7 heteroatoms. The van der Waals surface area contributed by atoms with Crippen molar-refractivity contribution in [2.75, 3.05) is 11.9 Å². The molecule has 0 aliphatic carbocycles. The van der Waals surface area contributed by atoms with E-state index in [2.05, 4.69) is 15.3 Å². The van der Waals surface area contributed by atoms with Gasteiger partial charge in [0.1, 0.15) is 11.2 Å². The molecule has 118 valence electrons. The number of nitrogens with one attached hydrogen (secondary N) is 1. The number of halogens is 1. The molecule has 2 heterocycles. The van der Waals surface area contributed by atoms with Crippen molar-refractivity contribution in [1.29, 1.82) is 0 Å². The molecule has 2 aromatic heterocycles. The molecule has 0 bridgehead atoms. The summed E-state index contributed by atoms with van der Waals surface area (Å²) in [5, 5.41) is 4.16. The highest BCUT2D eigenvalue weighted by Gasteiger charge is 2.14. The zero-order valence-corrected chi connectivity index (χ0v) is 14.2. The monoisotopic (exact) mass is 347 g/mol. The molecular formula is C16H14ClN3O2S. The lowest BCUT2D eigenvalue weighted by Crippen LogP contribution is -2.20. The molecule has 0 fully saturated rings. The van der Waals surface area contributed by atoms with E-state index in [1.807, 2.05) is 13.8 Å². The van der Waals surface area contributed by atoms with Crippen LogP contribution in [-0.2, 0) is 4.79 Å². The number of amides is 1. The van der Waals surface area contributed by atoms with Gasteiger partial charge in [0.15, 0.2) is 6.61 Å². The molecular weight excluding hydrogens is 334 g/mol. The number of fused-ring (bicyclic) bond motifs is 1. The summed E-state index contributed by atoms with van der Waals surface area (Å²) in [5.41, 5.74) is 1.71. The summed E-state index contributed by atoms with van der Waals surface area (Å²) in [7, 11) is 0. The van der Waals surface area contributed by atoms with Gasteiger partial charge in [0.2, 0.25) is 5.88 Å².